The van der Waals surface area contributed by atoms with Gasteiger partial charge in [-0.15, -0.1) is 6.58 Å². The van der Waals surface area contributed by atoms with Gasteiger partial charge < -0.3 is 0 Å². The van der Waals surface area contributed by atoms with Gasteiger partial charge in [0, 0.05) is 5.56 Å². The Hall–Kier alpha value is -2.15. The molecule has 0 spiro atoms. The number of carbonyl (C=O) groups is 1. The summed E-state index contributed by atoms with van der Waals surface area (Å²) in [4.78, 5) is 12.6. The van der Waals surface area contributed by atoms with E-state index in [9.17, 15) is 4.79 Å². The first-order valence-corrected chi connectivity index (χ1v) is 5.97. The van der Waals surface area contributed by atoms with Gasteiger partial charge in [-0.2, -0.15) is 0 Å². The molecule has 2 rings (SSSR count). The maximum Gasteiger partial charge on any atom is 0.176 e. The summed E-state index contributed by atoms with van der Waals surface area (Å²) < 4.78 is 0. The van der Waals surface area contributed by atoms with Crippen LogP contribution in [0.5, 0.6) is 0 Å². The second-order valence-corrected chi connectivity index (χ2v) is 4.47. The molecule has 0 aliphatic heterocycles. The Morgan fingerprint density at radius 1 is 1.00 bits per heavy atom. The van der Waals surface area contributed by atoms with Crippen LogP contribution in [0.4, 0.5) is 0 Å². The number of benzene rings is 2. The van der Waals surface area contributed by atoms with Crippen LogP contribution in [0.1, 0.15) is 22.8 Å². The fourth-order valence-electron chi connectivity index (χ4n) is 2.02. The molecule has 0 heterocycles. The lowest BCUT2D eigenvalue weighted by molar-refractivity contribution is 0.0927. The molecule has 0 bridgehead atoms. The van der Waals surface area contributed by atoms with Gasteiger partial charge in [-0.05, 0) is 12.5 Å². The summed E-state index contributed by atoms with van der Waals surface area (Å²) >= 11 is 0. The molecule has 0 unspecified atom stereocenters. The fraction of sp³-hybridized carbons (Fsp3) is 0.118. The zero-order valence-electron chi connectivity index (χ0n) is 10.5. The molecule has 0 aromatic heterocycles. The second-order valence-electron chi connectivity index (χ2n) is 4.47. The Balaban J connectivity index is 2.46. The SMILES string of the molecule is C=C[C@@](C)(C(=O)c1ccccc1)c1ccccc1. The average molecular weight is 236 g/mol. The molecule has 0 fully saturated rings. The average Bonchev–Trinajstić information content (AvgIpc) is 2.47. The summed E-state index contributed by atoms with van der Waals surface area (Å²) in [7, 11) is 0. The van der Waals surface area contributed by atoms with Gasteiger partial charge in [0.2, 0.25) is 0 Å². The zero-order chi connectivity index (χ0) is 13.0. The molecule has 0 aliphatic carbocycles. The van der Waals surface area contributed by atoms with Crippen molar-refractivity contribution in [2.24, 2.45) is 0 Å². The maximum absolute atomic E-state index is 12.6. The Morgan fingerprint density at radius 2 is 1.50 bits per heavy atom. The van der Waals surface area contributed by atoms with Crippen molar-refractivity contribution >= 4 is 5.78 Å². The molecular weight excluding hydrogens is 220 g/mol. The minimum absolute atomic E-state index is 0.0734. The lowest BCUT2D eigenvalue weighted by atomic mass is 9.76. The standard InChI is InChI=1S/C17H16O/c1-3-17(2,15-12-8-5-9-13-15)16(18)14-10-6-4-7-11-14/h3-13H,1H2,2H3/t17-/m1/s1. The summed E-state index contributed by atoms with van der Waals surface area (Å²) in [5, 5.41) is 0. The lowest BCUT2D eigenvalue weighted by Crippen LogP contribution is -2.30. The molecule has 90 valence electrons. The topological polar surface area (TPSA) is 17.1 Å². The maximum atomic E-state index is 12.6. The third kappa shape index (κ3) is 2.12. The fourth-order valence-corrected chi connectivity index (χ4v) is 2.02. The molecule has 0 aliphatic rings. The van der Waals surface area contributed by atoms with E-state index in [0.29, 0.717) is 5.56 Å². The highest BCUT2D eigenvalue weighted by molar-refractivity contribution is 6.05. The Morgan fingerprint density at radius 3 is 2.00 bits per heavy atom. The van der Waals surface area contributed by atoms with Crippen LogP contribution < -0.4 is 0 Å². The van der Waals surface area contributed by atoms with Crippen molar-refractivity contribution in [2.45, 2.75) is 12.3 Å². The van der Waals surface area contributed by atoms with Gasteiger partial charge in [0.25, 0.3) is 0 Å². The summed E-state index contributed by atoms with van der Waals surface area (Å²) in [5.74, 6) is 0.0734. The zero-order valence-corrected chi connectivity index (χ0v) is 10.5. The van der Waals surface area contributed by atoms with Crippen LogP contribution in [-0.4, -0.2) is 5.78 Å². The molecule has 2 aromatic carbocycles. The van der Waals surface area contributed by atoms with Crippen LogP contribution in [0.3, 0.4) is 0 Å². The lowest BCUT2D eigenvalue weighted by Gasteiger charge is -2.24. The van der Waals surface area contributed by atoms with Gasteiger partial charge in [-0.3, -0.25) is 4.79 Å². The molecule has 0 saturated carbocycles. The number of hydrogen-bond donors (Lipinski definition) is 0. The van der Waals surface area contributed by atoms with Crippen LogP contribution in [-0.2, 0) is 5.41 Å². The molecule has 0 radical (unpaired) electrons. The van der Waals surface area contributed by atoms with Crippen molar-refractivity contribution in [1.82, 2.24) is 0 Å². The largest absolute Gasteiger partial charge is 0.293 e. The molecule has 1 heteroatoms. The van der Waals surface area contributed by atoms with Gasteiger partial charge in [0.05, 0.1) is 5.41 Å². The van der Waals surface area contributed by atoms with Crippen LogP contribution in [0, 0.1) is 0 Å². The van der Waals surface area contributed by atoms with Gasteiger partial charge in [0.1, 0.15) is 0 Å². The third-order valence-corrected chi connectivity index (χ3v) is 3.29. The first-order valence-electron chi connectivity index (χ1n) is 5.97. The van der Waals surface area contributed by atoms with Crippen molar-refractivity contribution in [3.05, 3.63) is 84.4 Å². The van der Waals surface area contributed by atoms with Crippen LogP contribution in [0.2, 0.25) is 0 Å². The highest BCUT2D eigenvalue weighted by Crippen LogP contribution is 2.29. The minimum atomic E-state index is -0.678. The quantitative estimate of drug-likeness (QED) is 0.579. The van der Waals surface area contributed by atoms with E-state index in [2.05, 4.69) is 6.58 Å². The van der Waals surface area contributed by atoms with E-state index < -0.39 is 5.41 Å². The van der Waals surface area contributed by atoms with E-state index in [-0.39, 0.29) is 5.78 Å². The molecule has 0 amide bonds. The van der Waals surface area contributed by atoms with E-state index in [4.69, 9.17) is 0 Å². The highest BCUT2D eigenvalue weighted by atomic mass is 16.1. The summed E-state index contributed by atoms with van der Waals surface area (Å²) in [6.07, 6.45) is 1.72. The smallest absolute Gasteiger partial charge is 0.176 e. The Bertz CT molecular complexity index is 542. The van der Waals surface area contributed by atoms with E-state index in [1.54, 1.807) is 6.08 Å². The monoisotopic (exact) mass is 236 g/mol. The van der Waals surface area contributed by atoms with Crippen molar-refractivity contribution in [3.8, 4) is 0 Å². The summed E-state index contributed by atoms with van der Waals surface area (Å²) in [5.41, 5.74) is 1.00. The Labute approximate surface area is 108 Å². The number of Topliss-reactive ketones (excluding diaryl/α,β-unsaturated/α-hetero) is 1. The first-order chi connectivity index (χ1) is 8.68. The number of allylic oxidation sites excluding steroid dienone is 1. The predicted octanol–water partition coefficient (Wildman–Crippen LogP) is 4.01. The number of rotatable bonds is 4. The van der Waals surface area contributed by atoms with Gasteiger partial charge in [0.15, 0.2) is 5.78 Å². The van der Waals surface area contributed by atoms with E-state index in [1.807, 2.05) is 67.6 Å². The van der Waals surface area contributed by atoms with Crippen LogP contribution in [0.25, 0.3) is 0 Å². The number of carbonyl (C=O) groups excluding carboxylic acids is 1. The molecular formula is C17H16O. The van der Waals surface area contributed by atoms with E-state index in [0.717, 1.165) is 5.56 Å². The third-order valence-electron chi connectivity index (χ3n) is 3.29. The molecule has 18 heavy (non-hydrogen) atoms. The summed E-state index contributed by atoms with van der Waals surface area (Å²) in [6.45, 7) is 5.74. The second kappa shape index (κ2) is 5.01. The minimum Gasteiger partial charge on any atom is -0.293 e. The van der Waals surface area contributed by atoms with Crippen molar-refractivity contribution in [3.63, 3.8) is 0 Å². The van der Waals surface area contributed by atoms with Gasteiger partial charge >= 0.3 is 0 Å². The normalized spacial score (nSPS) is 13.6. The molecule has 2 aromatic rings. The predicted molar refractivity (Wildman–Crippen MR) is 74.8 cm³/mol. The van der Waals surface area contributed by atoms with Gasteiger partial charge in [-0.1, -0.05) is 66.7 Å². The van der Waals surface area contributed by atoms with E-state index >= 15 is 0 Å². The molecule has 0 saturated heterocycles. The molecule has 1 nitrogen and oxygen atoms in total. The molecule has 0 N–H and O–H groups in total. The van der Waals surface area contributed by atoms with Crippen molar-refractivity contribution in [1.29, 1.82) is 0 Å². The van der Waals surface area contributed by atoms with Crippen molar-refractivity contribution in [2.75, 3.05) is 0 Å². The highest BCUT2D eigenvalue weighted by Gasteiger charge is 2.32. The van der Waals surface area contributed by atoms with Crippen molar-refractivity contribution < 1.29 is 4.79 Å². The number of ketones is 1. The van der Waals surface area contributed by atoms with E-state index in [1.165, 1.54) is 0 Å². The van der Waals surface area contributed by atoms with Crippen LogP contribution >= 0.6 is 0 Å². The first kappa shape index (κ1) is 12.3. The molecule has 1 atom stereocenters. The number of hydrogen-bond acceptors (Lipinski definition) is 1. The van der Waals surface area contributed by atoms with Gasteiger partial charge in [-0.25, -0.2) is 0 Å². The summed E-state index contributed by atoms with van der Waals surface area (Å²) in [6, 6.07) is 19.1. The Kier molecular flexibility index (Phi) is 3.42. The van der Waals surface area contributed by atoms with Crippen LogP contribution in [0.15, 0.2) is 73.3 Å².